The smallest absolute Gasteiger partial charge is 0.261 e. The molecule has 3 rings (SSSR count). The standard InChI is InChI=1S/C27H37FOS2Si/c1-27(2,3)32(24-15-8-4-9-16-24,25-17-10-5-11-18-25)29-19-12-6-7-14-23(28)22-26-30-20-13-21-31-26/h4-5,8-11,14-18,26H,6-7,12-13,19-22H2,1-3H3. The lowest BCUT2D eigenvalue weighted by molar-refractivity contribution is 0.288. The van der Waals surface area contributed by atoms with Crippen molar-refractivity contribution < 1.29 is 8.82 Å². The van der Waals surface area contributed by atoms with Crippen LogP contribution in [0.15, 0.2) is 72.6 Å². The van der Waals surface area contributed by atoms with Crippen molar-refractivity contribution in [3.63, 3.8) is 0 Å². The number of hydrogen-bond acceptors (Lipinski definition) is 3. The molecule has 0 spiro atoms. The molecule has 0 atom stereocenters. The molecule has 0 aliphatic carbocycles. The molecule has 0 bridgehead atoms. The third-order valence-electron chi connectivity index (χ3n) is 5.96. The molecule has 0 saturated carbocycles. The lowest BCUT2D eigenvalue weighted by Gasteiger charge is -2.43. The van der Waals surface area contributed by atoms with Gasteiger partial charge in [-0.25, -0.2) is 4.39 Å². The summed E-state index contributed by atoms with van der Waals surface area (Å²) < 4.78 is 21.6. The second-order valence-corrected chi connectivity index (χ2v) is 16.6. The molecule has 0 aromatic heterocycles. The van der Waals surface area contributed by atoms with Gasteiger partial charge >= 0.3 is 0 Å². The minimum absolute atomic E-state index is 0.00293. The molecular formula is C27H37FOS2Si. The summed E-state index contributed by atoms with van der Waals surface area (Å²) in [6.07, 6.45) is 6.32. The molecular weight excluding hydrogens is 452 g/mol. The topological polar surface area (TPSA) is 9.23 Å². The number of benzene rings is 2. The van der Waals surface area contributed by atoms with E-state index in [1.807, 2.05) is 23.5 Å². The number of rotatable bonds is 10. The molecule has 1 heterocycles. The Morgan fingerprint density at radius 2 is 1.53 bits per heavy atom. The van der Waals surface area contributed by atoms with E-state index in [2.05, 4.69) is 81.4 Å². The van der Waals surface area contributed by atoms with E-state index in [1.54, 1.807) is 6.08 Å². The van der Waals surface area contributed by atoms with E-state index < -0.39 is 8.32 Å². The fraction of sp³-hybridized carbons (Fsp3) is 0.481. The van der Waals surface area contributed by atoms with Crippen LogP contribution < -0.4 is 10.4 Å². The summed E-state index contributed by atoms with van der Waals surface area (Å²) in [5.41, 5.74) is 0. The maximum Gasteiger partial charge on any atom is 0.261 e. The molecule has 0 N–H and O–H groups in total. The van der Waals surface area contributed by atoms with Crippen LogP contribution in [-0.2, 0) is 4.43 Å². The third-order valence-corrected chi connectivity index (χ3v) is 13.9. The van der Waals surface area contributed by atoms with E-state index in [4.69, 9.17) is 4.43 Å². The van der Waals surface area contributed by atoms with Crippen molar-refractivity contribution in [1.29, 1.82) is 0 Å². The van der Waals surface area contributed by atoms with E-state index in [9.17, 15) is 4.39 Å². The second-order valence-electron chi connectivity index (χ2n) is 9.39. The van der Waals surface area contributed by atoms with Crippen molar-refractivity contribution in [2.45, 2.75) is 62.5 Å². The average Bonchev–Trinajstić information content (AvgIpc) is 2.80. The molecule has 0 radical (unpaired) electrons. The summed E-state index contributed by atoms with van der Waals surface area (Å²) in [6.45, 7) is 7.62. The van der Waals surface area contributed by atoms with Gasteiger partial charge in [0.2, 0.25) is 0 Å². The molecule has 0 unspecified atom stereocenters. The maximum absolute atomic E-state index is 14.3. The van der Waals surface area contributed by atoms with Gasteiger partial charge in [0.15, 0.2) is 0 Å². The Kier molecular flexibility index (Phi) is 9.96. The summed E-state index contributed by atoms with van der Waals surface area (Å²) in [6, 6.07) is 21.5. The molecule has 1 fully saturated rings. The van der Waals surface area contributed by atoms with E-state index in [-0.39, 0.29) is 10.9 Å². The van der Waals surface area contributed by atoms with Gasteiger partial charge in [-0.3, -0.25) is 0 Å². The summed E-state index contributed by atoms with van der Waals surface area (Å²) >= 11 is 3.81. The Bertz CT molecular complexity index is 790. The predicted octanol–water partition coefficient (Wildman–Crippen LogP) is 7.17. The van der Waals surface area contributed by atoms with Crippen LogP contribution in [0.3, 0.4) is 0 Å². The van der Waals surface area contributed by atoms with Crippen molar-refractivity contribution in [2.75, 3.05) is 18.1 Å². The zero-order chi connectivity index (χ0) is 22.9. The van der Waals surface area contributed by atoms with E-state index >= 15 is 0 Å². The van der Waals surface area contributed by atoms with Crippen LogP contribution in [0.2, 0.25) is 5.04 Å². The molecule has 1 aliphatic heterocycles. The van der Waals surface area contributed by atoms with Crippen LogP contribution in [0, 0.1) is 0 Å². The SMILES string of the molecule is CC(C)(C)[Si](OCCCCC=C(F)CC1SCCCS1)(c1ccccc1)c1ccccc1. The van der Waals surface area contributed by atoms with Gasteiger partial charge in [-0.1, -0.05) is 87.5 Å². The molecule has 2 aromatic rings. The second kappa shape index (κ2) is 12.4. The first-order valence-electron chi connectivity index (χ1n) is 11.8. The van der Waals surface area contributed by atoms with E-state index in [1.165, 1.54) is 28.3 Å². The largest absolute Gasteiger partial charge is 0.407 e. The van der Waals surface area contributed by atoms with Crippen molar-refractivity contribution in [3.8, 4) is 0 Å². The minimum Gasteiger partial charge on any atom is -0.407 e. The predicted molar refractivity (Wildman–Crippen MR) is 145 cm³/mol. The Hall–Kier alpha value is -1.01. The monoisotopic (exact) mass is 488 g/mol. The van der Waals surface area contributed by atoms with Crippen LogP contribution in [-0.4, -0.2) is 31.0 Å². The summed E-state index contributed by atoms with van der Waals surface area (Å²) in [7, 11) is -2.46. The maximum atomic E-state index is 14.3. The lowest BCUT2D eigenvalue weighted by Crippen LogP contribution is -2.66. The highest BCUT2D eigenvalue weighted by atomic mass is 32.2. The number of halogens is 1. The van der Waals surface area contributed by atoms with Gasteiger partial charge in [0.25, 0.3) is 8.32 Å². The Morgan fingerprint density at radius 3 is 2.06 bits per heavy atom. The van der Waals surface area contributed by atoms with Crippen molar-refractivity contribution >= 4 is 42.2 Å². The van der Waals surface area contributed by atoms with Crippen molar-refractivity contribution in [3.05, 3.63) is 72.6 Å². The van der Waals surface area contributed by atoms with Gasteiger partial charge in [-0.05, 0) is 52.6 Å². The van der Waals surface area contributed by atoms with Gasteiger partial charge in [-0.2, -0.15) is 0 Å². The minimum atomic E-state index is -2.46. The van der Waals surface area contributed by atoms with E-state index in [0.29, 0.717) is 17.6 Å². The number of thioether (sulfide) groups is 2. The Morgan fingerprint density at radius 1 is 0.969 bits per heavy atom. The summed E-state index contributed by atoms with van der Waals surface area (Å²) in [5, 5.41) is 2.62. The quantitative estimate of drug-likeness (QED) is 0.259. The normalized spacial score (nSPS) is 16.3. The first-order valence-corrected chi connectivity index (χ1v) is 15.8. The van der Waals surface area contributed by atoms with Crippen molar-refractivity contribution in [1.82, 2.24) is 0 Å². The van der Waals surface area contributed by atoms with Gasteiger partial charge in [0.05, 0.1) is 10.4 Å². The van der Waals surface area contributed by atoms with Crippen molar-refractivity contribution in [2.24, 2.45) is 0 Å². The Labute approximate surface area is 203 Å². The molecule has 1 saturated heterocycles. The van der Waals surface area contributed by atoms with Gasteiger partial charge in [-0.15, -0.1) is 23.5 Å². The highest BCUT2D eigenvalue weighted by Crippen LogP contribution is 2.37. The van der Waals surface area contributed by atoms with Crippen LogP contribution in [0.25, 0.3) is 0 Å². The molecule has 1 nitrogen and oxygen atoms in total. The highest BCUT2D eigenvalue weighted by molar-refractivity contribution is 8.17. The van der Waals surface area contributed by atoms with Gasteiger partial charge in [0, 0.05) is 13.0 Å². The first-order chi connectivity index (χ1) is 15.4. The average molecular weight is 489 g/mol. The van der Waals surface area contributed by atoms with Crippen LogP contribution in [0.1, 0.15) is 52.9 Å². The molecule has 174 valence electrons. The first kappa shape index (κ1) is 25.6. The van der Waals surface area contributed by atoms with Crippen LogP contribution in [0.4, 0.5) is 4.39 Å². The van der Waals surface area contributed by atoms with Crippen LogP contribution in [0.5, 0.6) is 0 Å². The van der Waals surface area contributed by atoms with Crippen LogP contribution >= 0.6 is 23.5 Å². The van der Waals surface area contributed by atoms with Gasteiger partial charge < -0.3 is 4.43 Å². The fourth-order valence-electron chi connectivity index (χ4n) is 4.39. The van der Waals surface area contributed by atoms with E-state index in [0.717, 1.165) is 19.3 Å². The molecule has 1 aliphatic rings. The summed E-state index contributed by atoms with van der Waals surface area (Å²) in [4.78, 5) is 0. The van der Waals surface area contributed by atoms with Gasteiger partial charge in [0.1, 0.15) is 0 Å². The molecule has 0 amide bonds. The molecule has 32 heavy (non-hydrogen) atoms. The molecule has 2 aromatic carbocycles. The Balaban J connectivity index is 1.62. The summed E-state index contributed by atoms with van der Waals surface area (Å²) in [5.74, 6) is 2.40. The number of hydrogen-bond donors (Lipinski definition) is 0. The third kappa shape index (κ3) is 6.75. The molecule has 5 heteroatoms. The highest BCUT2D eigenvalue weighted by Gasteiger charge is 2.49. The zero-order valence-electron chi connectivity index (χ0n) is 19.7. The number of unbranched alkanes of at least 4 members (excludes halogenated alkanes) is 2. The number of allylic oxidation sites excluding steroid dienone is 2. The fourth-order valence-corrected chi connectivity index (χ4v) is 11.8. The lowest BCUT2D eigenvalue weighted by atomic mass is 10.2. The zero-order valence-corrected chi connectivity index (χ0v) is 22.3.